The van der Waals surface area contributed by atoms with Crippen LogP contribution in [0.25, 0.3) is 0 Å². The van der Waals surface area contributed by atoms with E-state index in [2.05, 4.69) is 0 Å². The predicted octanol–water partition coefficient (Wildman–Crippen LogP) is 3.34. The largest absolute Gasteiger partial charge is 0.496 e. The van der Waals surface area contributed by atoms with Crippen LogP contribution in [-0.4, -0.2) is 47.6 Å². The van der Waals surface area contributed by atoms with Gasteiger partial charge in [0.15, 0.2) is 17.6 Å². The summed E-state index contributed by atoms with van der Waals surface area (Å²) >= 11 is 0. The Morgan fingerprint density at radius 1 is 0.867 bits per heavy atom. The molecule has 2 aromatic rings. The zero-order valence-corrected chi connectivity index (χ0v) is 17.9. The number of methoxy groups -OCH3 is 5. The molecule has 0 aromatic heterocycles. The van der Waals surface area contributed by atoms with Crippen LogP contribution in [0, 0.1) is 0 Å². The molecule has 0 fully saturated rings. The van der Waals surface area contributed by atoms with Crippen LogP contribution in [0.3, 0.4) is 0 Å². The standard InChI is InChI=1S/C22H26O8/c1-12(23)29-20-11-15-16(25-3)9-14(24-2)10-17(15)30-21(20)13-7-18(26-4)22(28-6)19(8-13)27-5/h7-10,20-21H,11H2,1-6H3/t20-,21-/m1/s1. The van der Waals surface area contributed by atoms with Crippen molar-refractivity contribution in [2.45, 2.75) is 25.6 Å². The Kier molecular flexibility index (Phi) is 6.44. The summed E-state index contributed by atoms with van der Waals surface area (Å²) in [6.45, 7) is 1.37. The van der Waals surface area contributed by atoms with E-state index in [9.17, 15) is 4.79 Å². The Balaban J connectivity index is 2.12. The zero-order valence-electron chi connectivity index (χ0n) is 17.9. The van der Waals surface area contributed by atoms with Crippen LogP contribution < -0.4 is 28.4 Å². The summed E-state index contributed by atoms with van der Waals surface area (Å²) < 4.78 is 39.1. The van der Waals surface area contributed by atoms with E-state index < -0.39 is 18.2 Å². The minimum absolute atomic E-state index is 0.406. The van der Waals surface area contributed by atoms with Crippen molar-refractivity contribution in [3.05, 3.63) is 35.4 Å². The normalized spacial score (nSPS) is 17.3. The number of carbonyl (C=O) groups is 1. The van der Waals surface area contributed by atoms with Gasteiger partial charge in [0.25, 0.3) is 0 Å². The first-order valence-electron chi connectivity index (χ1n) is 9.34. The van der Waals surface area contributed by atoms with Crippen molar-refractivity contribution in [3.8, 4) is 34.5 Å². The number of hydrogen-bond acceptors (Lipinski definition) is 8. The summed E-state index contributed by atoms with van der Waals surface area (Å²) in [7, 11) is 7.76. The topological polar surface area (TPSA) is 81.7 Å². The van der Waals surface area contributed by atoms with Crippen LogP contribution in [0.15, 0.2) is 24.3 Å². The molecule has 0 amide bonds. The van der Waals surface area contributed by atoms with Crippen molar-refractivity contribution in [2.75, 3.05) is 35.5 Å². The smallest absolute Gasteiger partial charge is 0.303 e. The molecule has 2 atom stereocenters. The van der Waals surface area contributed by atoms with Crippen molar-refractivity contribution < 1.29 is 38.0 Å². The maximum atomic E-state index is 11.8. The van der Waals surface area contributed by atoms with E-state index in [-0.39, 0.29) is 0 Å². The van der Waals surface area contributed by atoms with Gasteiger partial charge in [-0.25, -0.2) is 0 Å². The molecule has 1 aliphatic rings. The van der Waals surface area contributed by atoms with Gasteiger partial charge < -0.3 is 33.2 Å². The summed E-state index contributed by atoms with van der Waals surface area (Å²) in [5.74, 6) is 2.81. The predicted molar refractivity (Wildman–Crippen MR) is 108 cm³/mol. The van der Waals surface area contributed by atoms with Gasteiger partial charge in [-0.15, -0.1) is 0 Å². The SMILES string of the molecule is COc1cc(OC)c2c(c1)O[C@H](c1cc(OC)c(OC)c(OC)c1)[C@H](OC(C)=O)C2. The van der Waals surface area contributed by atoms with Crippen molar-refractivity contribution in [2.24, 2.45) is 0 Å². The summed E-state index contributed by atoms with van der Waals surface area (Å²) in [5, 5.41) is 0. The highest BCUT2D eigenvalue weighted by molar-refractivity contribution is 5.66. The molecule has 0 N–H and O–H groups in total. The van der Waals surface area contributed by atoms with Gasteiger partial charge >= 0.3 is 5.97 Å². The highest BCUT2D eigenvalue weighted by atomic mass is 16.6. The molecule has 162 valence electrons. The minimum atomic E-state index is -0.605. The molecule has 0 saturated carbocycles. The molecule has 0 spiro atoms. The number of hydrogen-bond donors (Lipinski definition) is 0. The van der Waals surface area contributed by atoms with E-state index in [1.165, 1.54) is 28.3 Å². The molecule has 8 heteroatoms. The lowest BCUT2D eigenvalue weighted by atomic mass is 9.93. The third kappa shape index (κ3) is 4.03. The third-order valence-electron chi connectivity index (χ3n) is 4.93. The van der Waals surface area contributed by atoms with Gasteiger partial charge in [-0.05, 0) is 12.1 Å². The molecule has 0 bridgehead atoms. The second kappa shape index (κ2) is 9.02. The first kappa shape index (κ1) is 21.4. The summed E-state index contributed by atoms with van der Waals surface area (Å²) in [6.07, 6.45) is -0.782. The van der Waals surface area contributed by atoms with Gasteiger partial charge in [-0.2, -0.15) is 0 Å². The van der Waals surface area contributed by atoms with E-state index >= 15 is 0 Å². The van der Waals surface area contributed by atoms with Crippen LogP contribution in [-0.2, 0) is 16.0 Å². The number of ether oxygens (including phenoxy) is 7. The highest BCUT2D eigenvalue weighted by Gasteiger charge is 2.37. The quantitative estimate of drug-likeness (QED) is 0.634. The molecule has 0 saturated heterocycles. The molecule has 0 unspecified atom stereocenters. The van der Waals surface area contributed by atoms with Crippen LogP contribution in [0.2, 0.25) is 0 Å². The molecular formula is C22H26O8. The fraction of sp³-hybridized carbons (Fsp3) is 0.409. The summed E-state index contributed by atoms with van der Waals surface area (Å²) in [5.41, 5.74) is 1.51. The van der Waals surface area contributed by atoms with Crippen molar-refractivity contribution in [3.63, 3.8) is 0 Å². The lowest BCUT2D eigenvalue weighted by molar-refractivity contribution is -0.152. The molecule has 1 heterocycles. The molecule has 3 rings (SSSR count). The number of rotatable bonds is 7. The van der Waals surface area contributed by atoms with Gasteiger partial charge in [0.2, 0.25) is 5.75 Å². The van der Waals surface area contributed by atoms with E-state index in [0.29, 0.717) is 46.5 Å². The Labute approximate surface area is 175 Å². The fourth-order valence-electron chi connectivity index (χ4n) is 3.59. The average molecular weight is 418 g/mol. The fourth-order valence-corrected chi connectivity index (χ4v) is 3.59. The Morgan fingerprint density at radius 2 is 1.50 bits per heavy atom. The van der Waals surface area contributed by atoms with E-state index in [0.717, 1.165) is 5.56 Å². The van der Waals surface area contributed by atoms with E-state index in [1.807, 2.05) is 0 Å². The summed E-state index contributed by atoms with van der Waals surface area (Å²) in [6, 6.07) is 7.12. The van der Waals surface area contributed by atoms with Crippen LogP contribution >= 0.6 is 0 Å². The molecule has 30 heavy (non-hydrogen) atoms. The van der Waals surface area contributed by atoms with Gasteiger partial charge in [-0.3, -0.25) is 4.79 Å². The maximum Gasteiger partial charge on any atom is 0.303 e. The van der Waals surface area contributed by atoms with Gasteiger partial charge in [-0.1, -0.05) is 0 Å². The van der Waals surface area contributed by atoms with Gasteiger partial charge in [0, 0.05) is 36.6 Å². The lowest BCUT2D eigenvalue weighted by Crippen LogP contribution is -2.34. The number of carbonyl (C=O) groups excluding carboxylic acids is 1. The second-order valence-corrected chi connectivity index (χ2v) is 6.66. The molecule has 0 radical (unpaired) electrons. The van der Waals surface area contributed by atoms with Crippen molar-refractivity contribution in [1.82, 2.24) is 0 Å². The third-order valence-corrected chi connectivity index (χ3v) is 4.93. The van der Waals surface area contributed by atoms with Crippen molar-refractivity contribution >= 4 is 5.97 Å². The highest BCUT2D eigenvalue weighted by Crippen LogP contribution is 2.46. The lowest BCUT2D eigenvalue weighted by Gasteiger charge is -2.34. The monoisotopic (exact) mass is 418 g/mol. The number of esters is 1. The van der Waals surface area contributed by atoms with Gasteiger partial charge in [0.1, 0.15) is 23.4 Å². The molecule has 1 aliphatic heterocycles. The van der Waals surface area contributed by atoms with Gasteiger partial charge in [0.05, 0.1) is 35.5 Å². The Morgan fingerprint density at radius 3 is 2.00 bits per heavy atom. The second-order valence-electron chi connectivity index (χ2n) is 6.66. The Hall–Kier alpha value is -3.29. The molecule has 2 aromatic carbocycles. The van der Waals surface area contributed by atoms with Crippen LogP contribution in [0.4, 0.5) is 0 Å². The maximum absolute atomic E-state index is 11.8. The summed E-state index contributed by atoms with van der Waals surface area (Å²) in [4.78, 5) is 11.8. The number of fused-ring (bicyclic) bond motifs is 1. The van der Waals surface area contributed by atoms with Crippen LogP contribution in [0.5, 0.6) is 34.5 Å². The average Bonchev–Trinajstić information content (AvgIpc) is 2.76. The van der Waals surface area contributed by atoms with E-state index in [1.54, 1.807) is 38.5 Å². The van der Waals surface area contributed by atoms with Crippen molar-refractivity contribution in [1.29, 1.82) is 0 Å². The minimum Gasteiger partial charge on any atom is -0.496 e. The van der Waals surface area contributed by atoms with Crippen LogP contribution in [0.1, 0.15) is 24.2 Å². The zero-order chi connectivity index (χ0) is 21.8. The Bertz CT molecular complexity index is 899. The molecular weight excluding hydrogens is 392 g/mol. The number of benzene rings is 2. The molecule has 0 aliphatic carbocycles. The molecule has 8 nitrogen and oxygen atoms in total. The first-order chi connectivity index (χ1) is 14.4. The first-order valence-corrected chi connectivity index (χ1v) is 9.34. The van der Waals surface area contributed by atoms with E-state index in [4.69, 9.17) is 33.2 Å².